The van der Waals surface area contributed by atoms with Crippen LogP contribution in [0, 0.1) is 12.8 Å². The van der Waals surface area contributed by atoms with Crippen LogP contribution in [0.5, 0.6) is 5.75 Å². The van der Waals surface area contributed by atoms with Crippen molar-refractivity contribution in [2.75, 3.05) is 33.4 Å². The van der Waals surface area contributed by atoms with Gasteiger partial charge in [0.1, 0.15) is 24.8 Å². The number of aryl methyl sites for hydroxylation is 1. The van der Waals surface area contributed by atoms with E-state index in [2.05, 4.69) is 25.1 Å². The van der Waals surface area contributed by atoms with E-state index in [4.69, 9.17) is 9.47 Å². The van der Waals surface area contributed by atoms with Gasteiger partial charge in [-0.2, -0.15) is 0 Å². The number of quaternary nitrogens is 1. The van der Waals surface area contributed by atoms with Gasteiger partial charge in [-0.3, -0.25) is 4.79 Å². The van der Waals surface area contributed by atoms with Crippen LogP contribution in [0.3, 0.4) is 0 Å². The minimum atomic E-state index is -0.678. The maximum Gasteiger partial charge on any atom is 0.312 e. The Bertz CT molecular complexity index is 868. The van der Waals surface area contributed by atoms with Gasteiger partial charge >= 0.3 is 5.97 Å². The van der Waals surface area contributed by atoms with Crippen molar-refractivity contribution in [2.24, 2.45) is 5.92 Å². The van der Waals surface area contributed by atoms with Gasteiger partial charge in [-0.25, -0.2) is 0 Å². The van der Waals surface area contributed by atoms with E-state index in [1.165, 1.54) is 10.5 Å². The molecule has 0 radical (unpaired) electrons. The summed E-state index contributed by atoms with van der Waals surface area (Å²) >= 11 is 0. The average molecular weight is 432 g/mol. The first-order valence-corrected chi connectivity index (χ1v) is 10.2. The topological polar surface area (TPSA) is 60.2 Å². The summed E-state index contributed by atoms with van der Waals surface area (Å²) < 4.78 is 11.3. The minimum absolute atomic E-state index is 0. The smallest absolute Gasteiger partial charge is 0.312 e. The summed E-state index contributed by atoms with van der Waals surface area (Å²) in [6.07, 6.45) is 3.57. The number of carbonyl (C=O) groups is 1. The van der Waals surface area contributed by atoms with Gasteiger partial charge in [0.25, 0.3) is 0 Å². The first-order chi connectivity index (χ1) is 14.1. The molecule has 0 saturated carbocycles. The number of ether oxygens (including phenoxy) is 2. The third-order valence-corrected chi connectivity index (χ3v) is 5.56. The van der Waals surface area contributed by atoms with Crippen LogP contribution in [0.15, 0.2) is 54.8 Å². The Kier molecular flexibility index (Phi) is 9.21. The van der Waals surface area contributed by atoms with Crippen molar-refractivity contribution in [3.8, 4) is 5.75 Å². The Morgan fingerprint density at radius 3 is 2.77 bits per heavy atom. The van der Waals surface area contributed by atoms with Crippen LogP contribution in [-0.2, 0) is 9.53 Å². The van der Waals surface area contributed by atoms with Crippen molar-refractivity contribution in [3.63, 3.8) is 0 Å². The maximum atomic E-state index is 11.3. The van der Waals surface area contributed by atoms with Crippen molar-refractivity contribution < 1.29 is 36.7 Å². The summed E-state index contributed by atoms with van der Waals surface area (Å²) in [4.78, 5) is 12.6. The molecule has 30 heavy (non-hydrogen) atoms. The lowest BCUT2D eigenvalue weighted by molar-refractivity contribution is -0.907. The predicted molar refractivity (Wildman–Crippen MR) is 113 cm³/mol. The second-order valence-electron chi connectivity index (χ2n) is 7.58. The van der Waals surface area contributed by atoms with Crippen molar-refractivity contribution in [1.29, 1.82) is 0 Å². The van der Waals surface area contributed by atoms with Crippen LogP contribution in [-0.4, -0.2) is 44.4 Å². The van der Waals surface area contributed by atoms with Crippen LogP contribution in [0.1, 0.15) is 29.5 Å². The summed E-state index contributed by atoms with van der Waals surface area (Å²) in [6, 6.07) is 16.2. The number of halogens is 1. The SMILES string of the molecule is COc1cccc(/C(=C\OCC[NH+]2CCC[C@@H](C(=O)O)C2)c2ccccc2C)c1.[Cl-]. The van der Waals surface area contributed by atoms with E-state index in [1.807, 2.05) is 36.6 Å². The van der Waals surface area contributed by atoms with Crippen molar-refractivity contribution in [3.05, 3.63) is 71.5 Å². The summed E-state index contributed by atoms with van der Waals surface area (Å²) in [5.41, 5.74) is 4.35. The van der Waals surface area contributed by atoms with E-state index < -0.39 is 5.97 Å². The average Bonchev–Trinajstić information content (AvgIpc) is 2.75. The molecule has 162 valence electrons. The second-order valence-corrected chi connectivity index (χ2v) is 7.58. The maximum absolute atomic E-state index is 11.3. The van der Waals surface area contributed by atoms with E-state index in [0.717, 1.165) is 48.4 Å². The number of hydrogen-bond acceptors (Lipinski definition) is 3. The molecule has 0 bridgehead atoms. The molecule has 0 aliphatic carbocycles. The van der Waals surface area contributed by atoms with Gasteiger partial charge in [0.15, 0.2) is 0 Å². The fourth-order valence-corrected chi connectivity index (χ4v) is 3.89. The van der Waals surface area contributed by atoms with Crippen LogP contribution < -0.4 is 22.0 Å². The number of benzene rings is 2. The molecule has 1 heterocycles. The highest BCUT2D eigenvalue weighted by molar-refractivity contribution is 5.81. The molecular formula is C24H30ClNO4. The number of hydrogen-bond donors (Lipinski definition) is 2. The Hall–Kier alpha value is -2.50. The zero-order chi connectivity index (χ0) is 20.6. The number of rotatable bonds is 8. The molecule has 6 heteroatoms. The molecule has 1 aliphatic rings. The molecule has 2 aromatic carbocycles. The monoisotopic (exact) mass is 431 g/mol. The quantitative estimate of drug-likeness (QED) is 0.448. The fourth-order valence-electron chi connectivity index (χ4n) is 3.89. The number of aliphatic carboxylic acids is 1. The molecule has 0 aromatic heterocycles. The van der Waals surface area contributed by atoms with Crippen LogP contribution in [0.25, 0.3) is 5.57 Å². The first kappa shape index (κ1) is 23.8. The fraction of sp³-hybridized carbons (Fsp3) is 0.375. The number of likely N-dealkylation sites (tertiary alicyclic amines) is 1. The summed E-state index contributed by atoms with van der Waals surface area (Å²) in [5.74, 6) is -0.101. The highest BCUT2D eigenvalue weighted by Crippen LogP contribution is 2.28. The first-order valence-electron chi connectivity index (χ1n) is 10.2. The van der Waals surface area contributed by atoms with Crippen molar-refractivity contribution >= 4 is 11.5 Å². The normalized spacial score (nSPS) is 18.9. The Morgan fingerprint density at radius 2 is 2.03 bits per heavy atom. The van der Waals surface area contributed by atoms with Gasteiger partial charge in [0, 0.05) is 5.57 Å². The van der Waals surface area contributed by atoms with Crippen LogP contribution in [0.4, 0.5) is 0 Å². The second kappa shape index (κ2) is 11.6. The van der Waals surface area contributed by atoms with Crippen molar-refractivity contribution in [1.82, 2.24) is 0 Å². The van der Waals surface area contributed by atoms with E-state index in [1.54, 1.807) is 7.11 Å². The summed E-state index contributed by atoms with van der Waals surface area (Å²) in [7, 11) is 1.67. The molecule has 2 atom stereocenters. The van der Waals surface area contributed by atoms with E-state index in [-0.39, 0.29) is 18.3 Å². The molecule has 0 spiro atoms. The molecule has 1 saturated heterocycles. The Morgan fingerprint density at radius 1 is 1.23 bits per heavy atom. The largest absolute Gasteiger partial charge is 1.00 e. The molecule has 0 amide bonds. The third-order valence-electron chi connectivity index (χ3n) is 5.56. The zero-order valence-electron chi connectivity index (χ0n) is 17.6. The van der Waals surface area contributed by atoms with E-state index in [0.29, 0.717) is 13.2 Å². The molecule has 5 nitrogen and oxygen atoms in total. The lowest BCUT2D eigenvalue weighted by Crippen LogP contribution is -3.14. The van der Waals surface area contributed by atoms with Gasteiger partial charge in [-0.1, -0.05) is 36.4 Å². The standard InChI is InChI=1S/C24H29NO4.ClH/c1-18-7-3-4-11-22(18)23(19-8-5-10-21(15-19)28-2)17-29-14-13-25-12-6-9-20(16-25)24(26)27;/h3-5,7-8,10-11,15,17,20H,6,9,12-14,16H2,1-2H3,(H,26,27);1H/b23-17+;/t20-;/m1./s1. The highest BCUT2D eigenvalue weighted by atomic mass is 35.5. The molecular weight excluding hydrogens is 402 g/mol. The molecule has 1 unspecified atom stereocenters. The number of methoxy groups -OCH3 is 1. The van der Waals surface area contributed by atoms with Gasteiger partial charge < -0.3 is 31.9 Å². The third kappa shape index (κ3) is 6.25. The van der Waals surface area contributed by atoms with Gasteiger partial charge in [0.05, 0.1) is 26.5 Å². The number of carboxylic acids is 1. The summed E-state index contributed by atoms with van der Waals surface area (Å²) in [6.45, 7) is 5.15. The zero-order valence-corrected chi connectivity index (χ0v) is 18.3. The lowest BCUT2D eigenvalue weighted by Gasteiger charge is -2.27. The lowest BCUT2D eigenvalue weighted by atomic mass is 9.95. The van der Waals surface area contributed by atoms with Gasteiger partial charge in [0.2, 0.25) is 0 Å². The van der Waals surface area contributed by atoms with Gasteiger partial charge in [-0.15, -0.1) is 0 Å². The molecule has 1 fully saturated rings. The van der Waals surface area contributed by atoms with E-state index in [9.17, 15) is 9.90 Å². The molecule has 2 N–H and O–H groups in total. The van der Waals surface area contributed by atoms with Gasteiger partial charge in [-0.05, 0) is 48.6 Å². The predicted octanol–water partition coefficient (Wildman–Crippen LogP) is -0.207. The van der Waals surface area contributed by atoms with Crippen molar-refractivity contribution in [2.45, 2.75) is 19.8 Å². The number of nitrogens with one attached hydrogen (secondary N) is 1. The molecule has 1 aliphatic heterocycles. The Balaban J connectivity index is 0.00000320. The summed E-state index contributed by atoms with van der Waals surface area (Å²) in [5, 5.41) is 9.26. The number of piperidine rings is 1. The minimum Gasteiger partial charge on any atom is -1.00 e. The van der Waals surface area contributed by atoms with Crippen LogP contribution >= 0.6 is 0 Å². The number of carboxylic acid groups (broad SMARTS) is 1. The Labute approximate surface area is 184 Å². The van der Waals surface area contributed by atoms with Crippen LogP contribution in [0.2, 0.25) is 0 Å². The van der Waals surface area contributed by atoms with E-state index >= 15 is 0 Å². The molecule has 3 rings (SSSR count). The molecule has 2 aromatic rings. The highest BCUT2D eigenvalue weighted by Gasteiger charge is 2.28.